The van der Waals surface area contributed by atoms with Gasteiger partial charge in [0.1, 0.15) is 6.10 Å². The van der Waals surface area contributed by atoms with Crippen LogP contribution in [0.1, 0.15) is 20.3 Å². The van der Waals surface area contributed by atoms with Crippen molar-refractivity contribution in [3.05, 3.63) is 20.7 Å². The van der Waals surface area contributed by atoms with E-state index < -0.39 is 17.2 Å². The largest absolute Gasteiger partial charge is 0.446 e. The summed E-state index contributed by atoms with van der Waals surface area (Å²) < 4.78 is 5.19. The van der Waals surface area contributed by atoms with Gasteiger partial charge >= 0.3 is 17.2 Å². The zero-order valence-electron chi connectivity index (χ0n) is 6.86. The topological polar surface area (TPSA) is 65.4 Å². The smallest absolute Gasteiger partial charge is 0.424 e. The summed E-state index contributed by atoms with van der Waals surface area (Å²) in [4.78, 5) is 31.7. The van der Waals surface area contributed by atoms with E-state index in [4.69, 9.17) is 4.74 Å². The predicted molar refractivity (Wildman–Crippen MR) is 41.0 cm³/mol. The zero-order valence-corrected chi connectivity index (χ0v) is 6.86. The lowest BCUT2D eigenvalue weighted by molar-refractivity contribution is 0.108. The molecule has 1 heterocycles. The van der Waals surface area contributed by atoms with Crippen molar-refractivity contribution in [1.82, 2.24) is 4.57 Å². The quantitative estimate of drug-likeness (QED) is 0.581. The molecule has 12 heavy (non-hydrogen) atoms. The summed E-state index contributed by atoms with van der Waals surface area (Å²) in [6.45, 7) is 3.53. The molecule has 0 saturated heterocycles. The maximum absolute atomic E-state index is 10.9. The Morgan fingerprint density at radius 3 is 2.33 bits per heavy atom. The van der Waals surface area contributed by atoms with E-state index in [9.17, 15) is 14.4 Å². The fourth-order valence-electron chi connectivity index (χ4n) is 0.609. The van der Waals surface area contributed by atoms with Crippen LogP contribution in [-0.4, -0.2) is 16.8 Å². The van der Waals surface area contributed by atoms with Crippen molar-refractivity contribution in [3.63, 3.8) is 0 Å². The number of aromatic nitrogens is 1. The molecule has 0 fully saturated rings. The molecule has 0 aliphatic carbocycles. The number of rotatable bonds is 2. The van der Waals surface area contributed by atoms with Crippen molar-refractivity contribution in [1.29, 1.82) is 0 Å². The van der Waals surface area contributed by atoms with Crippen LogP contribution in [0.4, 0.5) is 4.79 Å². The third-order valence-electron chi connectivity index (χ3n) is 1.60. The van der Waals surface area contributed by atoms with Gasteiger partial charge in [0.15, 0.2) is 0 Å². The van der Waals surface area contributed by atoms with Crippen molar-refractivity contribution in [2.24, 2.45) is 0 Å². The van der Waals surface area contributed by atoms with Gasteiger partial charge in [0.25, 0.3) is 0 Å². The van der Waals surface area contributed by atoms with Crippen molar-refractivity contribution in [2.75, 3.05) is 0 Å². The molecule has 0 bridgehead atoms. The third kappa shape index (κ3) is 1.44. The second-order valence-electron chi connectivity index (χ2n) is 2.55. The lowest BCUT2D eigenvalue weighted by Crippen LogP contribution is -2.18. The van der Waals surface area contributed by atoms with Crippen molar-refractivity contribution < 1.29 is 9.53 Å². The molecular weight excluding hydrogens is 162 g/mol. The minimum absolute atomic E-state index is 0.265. The highest BCUT2D eigenvalue weighted by atomic mass is 16.6. The van der Waals surface area contributed by atoms with E-state index in [1.807, 2.05) is 6.92 Å². The van der Waals surface area contributed by atoms with Crippen LogP contribution in [0.2, 0.25) is 0 Å². The number of hydrogen-bond donors (Lipinski definition) is 0. The highest BCUT2D eigenvalue weighted by Gasteiger charge is 2.25. The first-order valence-electron chi connectivity index (χ1n) is 3.67. The molecule has 0 N–H and O–H groups in total. The summed E-state index contributed by atoms with van der Waals surface area (Å²) in [5.74, 6) is 0. The van der Waals surface area contributed by atoms with E-state index in [1.54, 1.807) is 6.92 Å². The number of carbonyl (C=O) groups excluding carboxylic acids is 1. The van der Waals surface area contributed by atoms with Gasteiger partial charge in [-0.2, -0.15) is 4.57 Å². The summed E-state index contributed by atoms with van der Waals surface area (Å²) in [6.07, 6.45) is -0.472. The molecule has 1 aromatic rings. The maximum atomic E-state index is 10.9. The molecule has 1 unspecified atom stereocenters. The second kappa shape index (κ2) is 2.92. The first-order valence-corrected chi connectivity index (χ1v) is 3.67. The van der Waals surface area contributed by atoms with Crippen LogP contribution in [0, 0.1) is 0 Å². The van der Waals surface area contributed by atoms with E-state index >= 15 is 0 Å². The van der Waals surface area contributed by atoms with E-state index in [2.05, 4.69) is 0 Å². The number of carbonyl (C=O) groups is 1. The molecule has 0 saturated carbocycles. The van der Waals surface area contributed by atoms with Gasteiger partial charge < -0.3 is 4.74 Å². The van der Waals surface area contributed by atoms with Crippen LogP contribution >= 0.6 is 0 Å². The molecule has 0 amide bonds. The standard InChI is InChI=1S/C7H9NO4/c1-3-4(2)12-7(11)8-5(9)6(8)10/h4H,3H2,1-2H3. The van der Waals surface area contributed by atoms with Gasteiger partial charge in [-0.15, -0.1) is 0 Å². The Labute approximate surface area is 68.3 Å². The van der Waals surface area contributed by atoms with Gasteiger partial charge in [0, 0.05) is 0 Å². The van der Waals surface area contributed by atoms with Crippen LogP contribution < -0.4 is 11.1 Å². The molecule has 1 atom stereocenters. The molecular formula is C7H9NO4. The van der Waals surface area contributed by atoms with E-state index in [-0.39, 0.29) is 6.10 Å². The summed E-state index contributed by atoms with van der Waals surface area (Å²) in [7, 11) is 0. The Morgan fingerprint density at radius 1 is 1.50 bits per heavy atom. The van der Waals surface area contributed by atoms with Gasteiger partial charge in [0.2, 0.25) is 0 Å². The molecule has 1 aromatic heterocycles. The monoisotopic (exact) mass is 171 g/mol. The van der Waals surface area contributed by atoms with Crippen molar-refractivity contribution in [3.8, 4) is 0 Å². The van der Waals surface area contributed by atoms with Crippen LogP contribution in [0.5, 0.6) is 0 Å². The van der Waals surface area contributed by atoms with Crippen LogP contribution in [0.3, 0.4) is 0 Å². The molecule has 5 nitrogen and oxygen atoms in total. The third-order valence-corrected chi connectivity index (χ3v) is 1.60. The lowest BCUT2D eigenvalue weighted by Gasteiger charge is -2.07. The van der Waals surface area contributed by atoms with Crippen LogP contribution in [0.25, 0.3) is 0 Å². The Bertz CT molecular complexity index is 333. The SMILES string of the molecule is CCC(C)OC(=O)n1c(=O)c1=O. The average Bonchev–Trinajstić information content (AvgIpc) is 2.60. The molecule has 0 radical (unpaired) electrons. The number of ether oxygens (including phenoxy) is 1. The Kier molecular flexibility index (Phi) is 2.12. The first-order chi connectivity index (χ1) is 5.57. The maximum Gasteiger partial charge on any atom is 0.424 e. The molecule has 0 aliphatic rings. The minimum Gasteiger partial charge on any atom is -0.446 e. The number of nitrogens with zero attached hydrogens (tertiary/aromatic N) is 1. The normalized spacial score (nSPS) is 13.2. The van der Waals surface area contributed by atoms with Gasteiger partial charge in [-0.05, 0) is 13.3 Å². The molecule has 0 spiro atoms. The van der Waals surface area contributed by atoms with Crippen molar-refractivity contribution in [2.45, 2.75) is 26.4 Å². The van der Waals surface area contributed by atoms with E-state index in [0.29, 0.717) is 11.0 Å². The fraction of sp³-hybridized carbons (Fsp3) is 0.571. The van der Waals surface area contributed by atoms with Gasteiger partial charge in [-0.25, -0.2) is 4.79 Å². The van der Waals surface area contributed by atoms with Gasteiger partial charge in [-0.3, -0.25) is 9.59 Å². The molecule has 66 valence electrons. The summed E-state index contributed by atoms with van der Waals surface area (Å²) >= 11 is 0. The van der Waals surface area contributed by atoms with Gasteiger partial charge in [-0.1, -0.05) is 6.92 Å². The van der Waals surface area contributed by atoms with E-state index in [1.165, 1.54) is 0 Å². The van der Waals surface area contributed by atoms with Gasteiger partial charge in [0.05, 0.1) is 0 Å². The summed E-state index contributed by atoms with van der Waals surface area (Å²) in [5, 5.41) is 0. The predicted octanol–water partition coefficient (Wildman–Crippen LogP) is -0.133. The molecule has 0 aromatic carbocycles. The van der Waals surface area contributed by atoms with E-state index in [0.717, 1.165) is 0 Å². The average molecular weight is 171 g/mol. The summed E-state index contributed by atoms with van der Waals surface area (Å²) in [6, 6.07) is 0. The Balaban J connectivity index is 2.58. The fourth-order valence-corrected chi connectivity index (χ4v) is 0.609. The Hall–Kier alpha value is -1.39. The van der Waals surface area contributed by atoms with Crippen LogP contribution in [-0.2, 0) is 4.74 Å². The summed E-state index contributed by atoms with van der Waals surface area (Å²) in [5.41, 5.74) is -1.58. The number of hydrogen-bond acceptors (Lipinski definition) is 4. The first kappa shape index (κ1) is 8.70. The highest BCUT2D eigenvalue weighted by molar-refractivity contribution is 5.72. The molecule has 0 aliphatic heterocycles. The zero-order chi connectivity index (χ0) is 9.30. The van der Waals surface area contributed by atoms with Crippen molar-refractivity contribution >= 4 is 6.09 Å². The van der Waals surface area contributed by atoms with Crippen LogP contribution in [0.15, 0.2) is 9.59 Å². The Morgan fingerprint density at radius 2 is 2.00 bits per heavy atom. The molecule has 1 rings (SSSR count). The second-order valence-corrected chi connectivity index (χ2v) is 2.55. The lowest BCUT2D eigenvalue weighted by atomic mass is 10.3. The minimum atomic E-state index is -0.862. The highest BCUT2D eigenvalue weighted by Crippen LogP contribution is 1.97. The molecule has 5 heteroatoms.